The first-order valence-corrected chi connectivity index (χ1v) is 5.11. The first kappa shape index (κ1) is 11.6. The van der Waals surface area contributed by atoms with Crippen LogP contribution < -0.4 is 11.3 Å². The first-order chi connectivity index (χ1) is 6.76. The van der Waals surface area contributed by atoms with Crippen LogP contribution in [0.5, 0.6) is 0 Å². The van der Waals surface area contributed by atoms with E-state index in [-0.39, 0.29) is 6.04 Å². The number of aromatic nitrogens is 1. The lowest BCUT2D eigenvalue weighted by molar-refractivity contribution is 0.166. The Morgan fingerprint density at radius 1 is 1.64 bits per heavy atom. The third-order valence-electron chi connectivity index (χ3n) is 1.85. The van der Waals surface area contributed by atoms with Crippen molar-refractivity contribution in [2.24, 2.45) is 5.84 Å². The van der Waals surface area contributed by atoms with E-state index in [1.54, 1.807) is 13.3 Å². The Kier molecular flexibility index (Phi) is 5.03. The molecule has 0 spiro atoms. The highest BCUT2D eigenvalue weighted by atomic mass is 79.9. The van der Waals surface area contributed by atoms with E-state index in [4.69, 9.17) is 10.6 Å². The van der Waals surface area contributed by atoms with Gasteiger partial charge in [-0.25, -0.2) is 0 Å². The lowest BCUT2D eigenvalue weighted by atomic mass is 10.1. The Balaban J connectivity index is 2.53. The van der Waals surface area contributed by atoms with Gasteiger partial charge >= 0.3 is 0 Å². The van der Waals surface area contributed by atoms with E-state index in [1.165, 1.54) is 0 Å². The molecule has 5 heteroatoms. The molecule has 1 aromatic heterocycles. The fourth-order valence-electron chi connectivity index (χ4n) is 1.15. The summed E-state index contributed by atoms with van der Waals surface area (Å²) in [5.41, 5.74) is 3.68. The Morgan fingerprint density at radius 2 is 2.43 bits per heavy atom. The van der Waals surface area contributed by atoms with E-state index in [9.17, 15) is 0 Å². The summed E-state index contributed by atoms with van der Waals surface area (Å²) in [6.45, 7) is 0.578. The Hall–Kier alpha value is -0.490. The highest BCUT2D eigenvalue weighted by molar-refractivity contribution is 9.10. The molecule has 0 saturated heterocycles. The van der Waals surface area contributed by atoms with E-state index in [2.05, 4.69) is 26.3 Å². The Labute approximate surface area is 92.0 Å². The minimum absolute atomic E-state index is 0.105. The standard InChI is InChI=1S/C9H14BrN3O/c1-14-6-9(13-11)4-8-3-2-7(10)5-12-8/h2-3,5,9,13H,4,6,11H2,1H3. The quantitative estimate of drug-likeness (QED) is 0.609. The van der Waals surface area contributed by atoms with Gasteiger partial charge in [-0.2, -0.15) is 0 Å². The first-order valence-electron chi connectivity index (χ1n) is 4.31. The second kappa shape index (κ2) is 6.08. The minimum Gasteiger partial charge on any atom is -0.383 e. The van der Waals surface area contributed by atoms with Crippen LogP contribution in [0.2, 0.25) is 0 Å². The van der Waals surface area contributed by atoms with Crippen molar-refractivity contribution in [2.45, 2.75) is 12.5 Å². The predicted octanol–water partition coefficient (Wildman–Crippen LogP) is 0.865. The number of hydrazine groups is 1. The van der Waals surface area contributed by atoms with Crippen molar-refractivity contribution in [3.63, 3.8) is 0 Å². The summed E-state index contributed by atoms with van der Waals surface area (Å²) in [6, 6.07) is 4.03. The smallest absolute Gasteiger partial charge is 0.0633 e. The summed E-state index contributed by atoms with van der Waals surface area (Å²) < 4.78 is 5.99. The van der Waals surface area contributed by atoms with Gasteiger partial charge in [-0.15, -0.1) is 0 Å². The van der Waals surface area contributed by atoms with E-state index in [0.29, 0.717) is 6.61 Å². The van der Waals surface area contributed by atoms with Crippen LogP contribution in [-0.2, 0) is 11.2 Å². The maximum atomic E-state index is 5.37. The fraction of sp³-hybridized carbons (Fsp3) is 0.444. The summed E-state index contributed by atoms with van der Waals surface area (Å²) in [7, 11) is 1.65. The van der Waals surface area contributed by atoms with Crippen molar-refractivity contribution >= 4 is 15.9 Å². The van der Waals surface area contributed by atoms with Crippen LogP contribution in [0, 0.1) is 0 Å². The predicted molar refractivity (Wildman–Crippen MR) is 58.6 cm³/mol. The van der Waals surface area contributed by atoms with Crippen LogP contribution in [0.25, 0.3) is 0 Å². The molecule has 0 fully saturated rings. The van der Waals surface area contributed by atoms with Crippen molar-refractivity contribution in [1.82, 2.24) is 10.4 Å². The van der Waals surface area contributed by atoms with Gasteiger partial charge in [-0.1, -0.05) is 0 Å². The highest BCUT2D eigenvalue weighted by Crippen LogP contribution is 2.08. The molecule has 0 radical (unpaired) electrons. The maximum Gasteiger partial charge on any atom is 0.0633 e. The summed E-state index contributed by atoms with van der Waals surface area (Å²) >= 11 is 3.33. The third-order valence-corrected chi connectivity index (χ3v) is 2.32. The van der Waals surface area contributed by atoms with Gasteiger partial charge in [-0.3, -0.25) is 16.3 Å². The van der Waals surface area contributed by atoms with Gasteiger partial charge in [0.1, 0.15) is 0 Å². The van der Waals surface area contributed by atoms with E-state index in [0.717, 1.165) is 16.6 Å². The number of nitrogens with two attached hydrogens (primary N) is 1. The molecule has 1 aromatic rings. The van der Waals surface area contributed by atoms with Gasteiger partial charge in [0, 0.05) is 35.9 Å². The SMILES string of the molecule is COCC(Cc1ccc(Br)cn1)NN. The van der Waals surface area contributed by atoms with Gasteiger partial charge in [0.2, 0.25) is 0 Å². The number of methoxy groups -OCH3 is 1. The molecule has 1 heterocycles. The van der Waals surface area contributed by atoms with Gasteiger partial charge in [-0.05, 0) is 28.1 Å². The molecular formula is C9H14BrN3O. The van der Waals surface area contributed by atoms with E-state index in [1.807, 2.05) is 12.1 Å². The van der Waals surface area contributed by atoms with Crippen molar-refractivity contribution in [1.29, 1.82) is 0 Å². The molecule has 1 atom stereocenters. The van der Waals surface area contributed by atoms with Crippen LogP contribution >= 0.6 is 15.9 Å². The molecule has 14 heavy (non-hydrogen) atoms. The summed E-state index contributed by atoms with van der Waals surface area (Å²) in [5, 5.41) is 0. The zero-order chi connectivity index (χ0) is 10.4. The number of pyridine rings is 1. The molecule has 4 nitrogen and oxygen atoms in total. The van der Waals surface area contributed by atoms with Gasteiger partial charge in [0.05, 0.1) is 6.61 Å². The second-order valence-electron chi connectivity index (χ2n) is 2.99. The topological polar surface area (TPSA) is 60.2 Å². The summed E-state index contributed by atoms with van der Waals surface area (Å²) in [6.07, 6.45) is 2.54. The van der Waals surface area contributed by atoms with Crippen LogP contribution in [0.3, 0.4) is 0 Å². The molecule has 0 saturated carbocycles. The summed E-state index contributed by atoms with van der Waals surface area (Å²) in [5.74, 6) is 5.37. The average Bonchev–Trinajstić information content (AvgIpc) is 2.20. The Morgan fingerprint density at radius 3 is 2.93 bits per heavy atom. The van der Waals surface area contributed by atoms with E-state index >= 15 is 0 Å². The van der Waals surface area contributed by atoms with Gasteiger partial charge in [0.15, 0.2) is 0 Å². The molecule has 0 aliphatic heterocycles. The maximum absolute atomic E-state index is 5.37. The average molecular weight is 260 g/mol. The molecule has 1 rings (SSSR count). The highest BCUT2D eigenvalue weighted by Gasteiger charge is 2.07. The fourth-order valence-corrected chi connectivity index (χ4v) is 1.38. The molecule has 0 aliphatic carbocycles. The lowest BCUT2D eigenvalue weighted by Crippen LogP contribution is -2.40. The molecular weight excluding hydrogens is 246 g/mol. The molecule has 0 amide bonds. The van der Waals surface area contributed by atoms with Crippen molar-refractivity contribution < 1.29 is 4.74 Å². The van der Waals surface area contributed by atoms with Gasteiger partial charge < -0.3 is 4.74 Å². The molecule has 3 N–H and O–H groups in total. The molecule has 0 bridgehead atoms. The number of nitrogens with zero attached hydrogens (tertiary/aromatic N) is 1. The largest absolute Gasteiger partial charge is 0.383 e. The van der Waals surface area contributed by atoms with Crippen molar-refractivity contribution in [3.05, 3.63) is 28.5 Å². The zero-order valence-corrected chi connectivity index (χ0v) is 9.62. The number of rotatable bonds is 5. The number of halogens is 1. The number of hydrogen-bond donors (Lipinski definition) is 2. The van der Waals surface area contributed by atoms with Crippen molar-refractivity contribution in [2.75, 3.05) is 13.7 Å². The molecule has 78 valence electrons. The number of ether oxygens (including phenoxy) is 1. The molecule has 0 aliphatic rings. The van der Waals surface area contributed by atoms with E-state index < -0.39 is 0 Å². The zero-order valence-electron chi connectivity index (χ0n) is 8.03. The monoisotopic (exact) mass is 259 g/mol. The third kappa shape index (κ3) is 3.71. The Bertz CT molecular complexity index is 265. The van der Waals surface area contributed by atoms with Crippen molar-refractivity contribution in [3.8, 4) is 0 Å². The summed E-state index contributed by atoms with van der Waals surface area (Å²) in [4.78, 5) is 4.25. The van der Waals surface area contributed by atoms with Crippen LogP contribution in [-0.4, -0.2) is 24.7 Å². The molecule has 0 aromatic carbocycles. The van der Waals surface area contributed by atoms with Gasteiger partial charge in [0.25, 0.3) is 0 Å². The lowest BCUT2D eigenvalue weighted by Gasteiger charge is -2.13. The molecule has 1 unspecified atom stereocenters. The normalized spacial score (nSPS) is 12.8. The number of nitrogens with one attached hydrogen (secondary N) is 1. The second-order valence-corrected chi connectivity index (χ2v) is 3.91. The number of hydrogen-bond acceptors (Lipinski definition) is 4. The minimum atomic E-state index is 0.105. The van der Waals surface area contributed by atoms with Crippen LogP contribution in [0.4, 0.5) is 0 Å². The van der Waals surface area contributed by atoms with Crippen LogP contribution in [0.1, 0.15) is 5.69 Å². The van der Waals surface area contributed by atoms with Crippen LogP contribution in [0.15, 0.2) is 22.8 Å².